The van der Waals surface area contributed by atoms with Crippen LogP contribution >= 0.6 is 0 Å². The summed E-state index contributed by atoms with van der Waals surface area (Å²) in [5.74, 6) is -0.203. The number of nitrogens with zero attached hydrogens (tertiary/aromatic N) is 1. The molecule has 5 heteroatoms. The molecule has 0 bridgehead atoms. The van der Waals surface area contributed by atoms with Gasteiger partial charge < -0.3 is 16.4 Å². The average Bonchev–Trinajstić information content (AvgIpc) is 2.63. The van der Waals surface area contributed by atoms with Crippen molar-refractivity contribution in [3.8, 4) is 0 Å². The molecule has 0 radical (unpaired) electrons. The first-order valence-electron chi connectivity index (χ1n) is 5.79. The summed E-state index contributed by atoms with van der Waals surface area (Å²) in [6.07, 6.45) is 2.13. The van der Waals surface area contributed by atoms with Gasteiger partial charge in [0.25, 0.3) is 0 Å². The van der Waals surface area contributed by atoms with Crippen LogP contribution < -0.4 is 11.5 Å². The monoisotopic (exact) mass is 227 g/mol. The predicted octanol–water partition coefficient (Wildman–Crippen LogP) is -0.164. The van der Waals surface area contributed by atoms with Crippen LogP contribution in [0.4, 0.5) is 0 Å². The molecule has 0 spiro atoms. The minimum Gasteiger partial charge on any atom is -0.368 e. The Bertz CT molecular complexity index is 278. The SMILES string of the molecule is CC(C)C[C@@H](N)C(=O)N1CCCC1C(N)=O. The smallest absolute Gasteiger partial charge is 0.240 e. The van der Waals surface area contributed by atoms with E-state index in [0.29, 0.717) is 25.3 Å². The first kappa shape index (κ1) is 13.0. The van der Waals surface area contributed by atoms with Crippen LogP contribution in [0, 0.1) is 5.92 Å². The molecule has 0 aliphatic carbocycles. The average molecular weight is 227 g/mol. The fraction of sp³-hybridized carbons (Fsp3) is 0.818. The molecule has 1 heterocycles. The molecule has 1 aliphatic heterocycles. The summed E-state index contributed by atoms with van der Waals surface area (Å²) in [7, 11) is 0. The lowest BCUT2D eigenvalue weighted by Crippen LogP contribution is -2.50. The van der Waals surface area contributed by atoms with Crippen molar-refractivity contribution in [2.24, 2.45) is 17.4 Å². The van der Waals surface area contributed by atoms with Crippen molar-refractivity contribution in [1.29, 1.82) is 0 Å². The molecule has 16 heavy (non-hydrogen) atoms. The summed E-state index contributed by atoms with van der Waals surface area (Å²) in [4.78, 5) is 24.7. The van der Waals surface area contributed by atoms with Crippen LogP contribution in [0.2, 0.25) is 0 Å². The van der Waals surface area contributed by atoms with Gasteiger partial charge in [-0.1, -0.05) is 13.8 Å². The second-order valence-corrected chi connectivity index (χ2v) is 4.83. The van der Waals surface area contributed by atoms with Crippen LogP contribution in [0.1, 0.15) is 33.1 Å². The van der Waals surface area contributed by atoms with E-state index in [1.165, 1.54) is 4.90 Å². The molecule has 0 aromatic carbocycles. The minimum absolute atomic E-state index is 0.144. The number of primary amides is 1. The standard InChI is InChI=1S/C11H21N3O2/c1-7(2)6-8(12)11(16)14-5-3-4-9(14)10(13)15/h7-9H,3-6,12H2,1-2H3,(H2,13,15)/t8-,9?/m1/s1. The van der Waals surface area contributed by atoms with E-state index >= 15 is 0 Å². The third kappa shape index (κ3) is 2.95. The van der Waals surface area contributed by atoms with Gasteiger partial charge in [0.05, 0.1) is 6.04 Å². The molecular weight excluding hydrogens is 206 g/mol. The molecule has 0 saturated carbocycles. The zero-order valence-corrected chi connectivity index (χ0v) is 9.98. The number of hydrogen-bond donors (Lipinski definition) is 2. The van der Waals surface area contributed by atoms with Crippen molar-refractivity contribution in [3.63, 3.8) is 0 Å². The highest BCUT2D eigenvalue weighted by molar-refractivity contribution is 5.89. The summed E-state index contributed by atoms with van der Waals surface area (Å²) in [5, 5.41) is 0. The topological polar surface area (TPSA) is 89.4 Å². The van der Waals surface area contributed by atoms with Crippen LogP contribution in [0.5, 0.6) is 0 Å². The molecule has 1 aliphatic rings. The molecule has 5 nitrogen and oxygen atoms in total. The second-order valence-electron chi connectivity index (χ2n) is 4.83. The van der Waals surface area contributed by atoms with E-state index in [-0.39, 0.29) is 5.91 Å². The molecule has 0 aromatic rings. The van der Waals surface area contributed by atoms with Crippen molar-refractivity contribution in [1.82, 2.24) is 4.90 Å². The Kier molecular flexibility index (Phi) is 4.29. The maximum absolute atomic E-state index is 12.0. The van der Waals surface area contributed by atoms with Gasteiger partial charge in [-0.2, -0.15) is 0 Å². The van der Waals surface area contributed by atoms with Gasteiger partial charge >= 0.3 is 0 Å². The van der Waals surface area contributed by atoms with Crippen molar-refractivity contribution < 1.29 is 9.59 Å². The van der Waals surface area contributed by atoms with Gasteiger partial charge in [0, 0.05) is 6.54 Å². The molecule has 92 valence electrons. The number of carbonyl (C=O) groups is 2. The normalized spacial score (nSPS) is 22.5. The lowest BCUT2D eigenvalue weighted by Gasteiger charge is -2.26. The third-order valence-corrected chi connectivity index (χ3v) is 2.91. The van der Waals surface area contributed by atoms with Crippen LogP contribution in [0.25, 0.3) is 0 Å². The van der Waals surface area contributed by atoms with E-state index in [4.69, 9.17) is 11.5 Å². The maximum Gasteiger partial charge on any atom is 0.240 e. The van der Waals surface area contributed by atoms with Crippen LogP contribution in [0.15, 0.2) is 0 Å². The summed E-state index contributed by atoms with van der Waals surface area (Å²) in [6, 6.07) is -0.967. The highest BCUT2D eigenvalue weighted by Crippen LogP contribution is 2.18. The van der Waals surface area contributed by atoms with Gasteiger partial charge in [-0.15, -0.1) is 0 Å². The van der Waals surface area contributed by atoms with Gasteiger partial charge in [-0.3, -0.25) is 9.59 Å². The number of carbonyl (C=O) groups excluding carboxylic acids is 2. The molecule has 0 aromatic heterocycles. The predicted molar refractivity (Wildman–Crippen MR) is 61.4 cm³/mol. The molecule has 1 rings (SSSR count). The van der Waals surface area contributed by atoms with E-state index in [2.05, 4.69) is 0 Å². The van der Waals surface area contributed by atoms with E-state index in [1.807, 2.05) is 13.8 Å². The fourth-order valence-corrected chi connectivity index (χ4v) is 2.15. The second kappa shape index (κ2) is 5.30. The molecule has 4 N–H and O–H groups in total. The van der Waals surface area contributed by atoms with Crippen molar-refractivity contribution in [3.05, 3.63) is 0 Å². The molecule has 2 amide bonds. The van der Waals surface area contributed by atoms with Gasteiger partial charge in [-0.25, -0.2) is 0 Å². The molecule has 1 fully saturated rings. The summed E-state index contributed by atoms with van der Waals surface area (Å²) in [5.41, 5.74) is 11.1. The minimum atomic E-state index is -0.514. The lowest BCUT2D eigenvalue weighted by molar-refractivity contribution is -0.138. The number of likely N-dealkylation sites (tertiary alicyclic amines) is 1. The maximum atomic E-state index is 12.0. The Morgan fingerprint density at radius 2 is 2.06 bits per heavy atom. The number of rotatable bonds is 4. The zero-order valence-electron chi connectivity index (χ0n) is 9.98. The highest BCUT2D eigenvalue weighted by Gasteiger charge is 2.34. The third-order valence-electron chi connectivity index (χ3n) is 2.91. The Balaban J connectivity index is 2.62. The van der Waals surface area contributed by atoms with E-state index in [1.54, 1.807) is 0 Å². The first-order valence-corrected chi connectivity index (χ1v) is 5.79. The molecule has 1 saturated heterocycles. The van der Waals surface area contributed by atoms with Crippen LogP contribution in [-0.4, -0.2) is 35.3 Å². The fourth-order valence-electron chi connectivity index (χ4n) is 2.15. The van der Waals surface area contributed by atoms with Gasteiger partial charge in [0.1, 0.15) is 6.04 Å². The van der Waals surface area contributed by atoms with Gasteiger partial charge in [0.15, 0.2) is 0 Å². The Labute approximate surface area is 96.1 Å². The summed E-state index contributed by atoms with van der Waals surface area (Å²) in [6.45, 7) is 4.63. The van der Waals surface area contributed by atoms with Crippen LogP contribution in [-0.2, 0) is 9.59 Å². The first-order chi connectivity index (χ1) is 7.43. The molecule has 1 unspecified atom stereocenters. The Morgan fingerprint density at radius 1 is 1.44 bits per heavy atom. The van der Waals surface area contributed by atoms with E-state index in [0.717, 1.165) is 6.42 Å². The number of hydrogen-bond acceptors (Lipinski definition) is 3. The zero-order chi connectivity index (χ0) is 12.3. The van der Waals surface area contributed by atoms with Crippen molar-refractivity contribution >= 4 is 11.8 Å². The summed E-state index contributed by atoms with van der Waals surface area (Å²) < 4.78 is 0. The van der Waals surface area contributed by atoms with Gasteiger partial charge in [0.2, 0.25) is 11.8 Å². The van der Waals surface area contributed by atoms with Crippen LogP contribution in [0.3, 0.4) is 0 Å². The molecular formula is C11H21N3O2. The molecule has 2 atom stereocenters. The number of nitrogens with two attached hydrogens (primary N) is 2. The van der Waals surface area contributed by atoms with E-state index in [9.17, 15) is 9.59 Å². The Morgan fingerprint density at radius 3 is 2.56 bits per heavy atom. The van der Waals surface area contributed by atoms with E-state index < -0.39 is 18.0 Å². The van der Waals surface area contributed by atoms with Crippen molar-refractivity contribution in [2.45, 2.75) is 45.2 Å². The van der Waals surface area contributed by atoms with Gasteiger partial charge in [-0.05, 0) is 25.2 Å². The lowest BCUT2D eigenvalue weighted by atomic mass is 10.0. The van der Waals surface area contributed by atoms with Crippen molar-refractivity contribution in [2.75, 3.05) is 6.54 Å². The largest absolute Gasteiger partial charge is 0.368 e. The Hall–Kier alpha value is -1.10. The highest BCUT2D eigenvalue weighted by atomic mass is 16.2. The quantitative estimate of drug-likeness (QED) is 0.699. The number of amides is 2. The summed E-state index contributed by atoms with van der Waals surface area (Å²) >= 11 is 0.